The van der Waals surface area contributed by atoms with E-state index in [1.165, 1.54) is 26.3 Å². The van der Waals surface area contributed by atoms with Gasteiger partial charge in [0, 0.05) is 11.6 Å². The van der Waals surface area contributed by atoms with Crippen LogP contribution in [-0.4, -0.2) is 17.9 Å². The number of anilines is 1. The summed E-state index contributed by atoms with van der Waals surface area (Å²) in [6.07, 6.45) is 1.41. The Bertz CT molecular complexity index is 310. The summed E-state index contributed by atoms with van der Waals surface area (Å²) < 4.78 is 4.84. The molecule has 64 valence electrons. The molecule has 0 radical (unpaired) electrons. The predicted octanol–water partition coefficient (Wildman–Crippen LogP) is 0.875. The Kier molecular flexibility index (Phi) is 2.28. The minimum atomic E-state index is -0.0896. The minimum absolute atomic E-state index is 0.0896. The molecule has 0 amide bonds. The third kappa shape index (κ3) is 1.53. The van der Waals surface area contributed by atoms with Gasteiger partial charge in [0.2, 0.25) is 5.88 Å². The number of nitrogens with two attached hydrogens (primary N) is 1. The van der Waals surface area contributed by atoms with E-state index in [1.54, 1.807) is 0 Å². The van der Waals surface area contributed by atoms with E-state index < -0.39 is 0 Å². The average molecular weight is 166 g/mol. The van der Waals surface area contributed by atoms with Gasteiger partial charge in [0.1, 0.15) is 0 Å². The second-order valence-electron chi connectivity index (χ2n) is 2.37. The van der Waals surface area contributed by atoms with E-state index in [-0.39, 0.29) is 5.78 Å². The quantitative estimate of drug-likeness (QED) is 0.662. The van der Waals surface area contributed by atoms with Gasteiger partial charge in [-0.05, 0) is 6.92 Å². The first kappa shape index (κ1) is 8.52. The molecule has 0 saturated heterocycles. The third-order valence-electron chi connectivity index (χ3n) is 1.50. The number of ether oxygens (including phenoxy) is 1. The van der Waals surface area contributed by atoms with Gasteiger partial charge in [0.25, 0.3) is 0 Å². The zero-order valence-electron chi connectivity index (χ0n) is 7.00. The van der Waals surface area contributed by atoms with E-state index in [1.807, 2.05) is 0 Å². The summed E-state index contributed by atoms with van der Waals surface area (Å²) in [6.45, 7) is 1.45. The second-order valence-corrected chi connectivity index (χ2v) is 2.37. The maximum absolute atomic E-state index is 11.0. The Morgan fingerprint density at radius 3 is 2.83 bits per heavy atom. The number of rotatable bonds is 2. The first-order valence-corrected chi connectivity index (χ1v) is 3.45. The first-order valence-electron chi connectivity index (χ1n) is 3.45. The molecule has 1 rings (SSSR count). The van der Waals surface area contributed by atoms with E-state index in [9.17, 15) is 4.79 Å². The fraction of sp³-hybridized carbons (Fsp3) is 0.250. The lowest BCUT2D eigenvalue weighted by atomic mass is 10.1. The Balaban J connectivity index is 3.17. The van der Waals surface area contributed by atoms with Crippen molar-refractivity contribution in [1.29, 1.82) is 0 Å². The Morgan fingerprint density at radius 2 is 2.33 bits per heavy atom. The monoisotopic (exact) mass is 166 g/mol. The van der Waals surface area contributed by atoms with Crippen LogP contribution in [-0.2, 0) is 0 Å². The highest BCUT2D eigenvalue weighted by Gasteiger charge is 2.06. The molecule has 1 aromatic heterocycles. The molecule has 0 saturated carbocycles. The second kappa shape index (κ2) is 3.21. The van der Waals surface area contributed by atoms with Crippen LogP contribution in [0.4, 0.5) is 5.69 Å². The lowest BCUT2D eigenvalue weighted by molar-refractivity contribution is 0.101. The number of hydrogen-bond acceptors (Lipinski definition) is 4. The molecule has 0 fully saturated rings. The van der Waals surface area contributed by atoms with Crippen molar-refractivity contribution in [2.45, 2.75) is 6.92 Å². The van der Waals surface area contributed by atoms with Crippen LogP contribution in [0.5, 0.6) is 5.88 Å². The van der Waals surface area contributed by atoms with Crippen molar-refractivity contribution in [2.24, 2.45) is 0 Å². The van der Waals surface area contributed by atoms with Gasteiger partial charge in [0.15, 0.2) is 5.78 Å². The lowest BCUT2D eigenvalue weighted by Crippen LogP contribution is -2.01. The predicted molar refractivity (Wildman–Crippen MR) is 45.2 cm³/mol. The molecule has 0 atom stereocenters. The van der Waals surface area contributed by atoms with Crippen molar-refractivity contribution in [3.05, 3.63) is 17.8 Å². The van der Waals surface area contributed by atoms with Crippen LogP contribution in [0.1, 0.15) is 17.3 Å². The molecular formula is C8H10N2O2. The molecule has 0 aliphatic rings. The molecule has 0 unspecified atom stereocenters. The fourth-order valence-electron chi connectivity index (χ4n) is 0.863. The van der Waals surface area contributed by atoms with Crippen LogP contribution in [0.3, 0.4) is 0 Å². The maximum Gasteiger partial charge on any atom is 0.213 e. The van der Waals surface area contributed by atoms with Gasteiger partial charge in [-0.2, -0.15) is 0 Å². The summed E-state index contributed by atoms with van der Waals surface area (Å²) in [4.78, 5) is 14.8. The Hall–Kier alpha value is -1.58. The van der Waals surface area contributed by atoms with E-state index in [4.69, 9.17) is 10.5 Å². The fourth-order valence-corrected chi connectivity index (χ4v) is 0.863. The number of Topliss-reactive ketones (excluding diaryl/α,β-unsaturated/α-hetero) is 1. The van der Waals surface area contributed by atoms with Gasteiger partial charge in [0.05, 0.1) is 19.0 Å². The Labute approximate surface area is 70.4 Å². The van der Waals surface area contributed by atoms with E-state index in [0.717, 1.165) is 0 Å². The van der Waals surface area contributed by atoms with Crippen LogP contribution in [0.25, 0.3) is 0 Å². The smallest absolute Gasteiger partial charge is 0.213 e. The number of nitrogen functional groups attached to an aromatic ring is 1. The first-order chi connectivity index (χ1) is 5.65. The topological polar surface area (TPSA) is 65.2 Å². The molecular weight excluding hydrogens is 156 g/mol. The van der Waals surface area contributed by atoms with Crippen molar-refractivity contribution in [3.8, 4) is 5.88 Å². The van der Waals surface area contributed by atoms with E-state index in [2.05, 4.69) is 4.98 Å². The minimum Gasteiger partial charge on any atom is -0.481 e. The van der Waals surface area contributed by atoms with Crippen molar-refractivity contribution >= 4 is 11.5 Å². The van der Waals surface area contributed by atoms with Crippen LogP contribution in [0.2, 0.25) is 0 Å². The number of methoxy groups -OCH3 is 1. The number of pyridine rings is 1. The summed E-state index contributed by atoms with van der Waals surface area (Å²) in [6, 6.07) is 1.53. The molecule has 0 aromatic carbocycles. The number of aromatic nitrogens is 1. The number of nitrogens with zero attached hydrogens (tertiary/aromatic N) is 1. The molecule has 12 heavy (non-hydrogen) atoms. The number of ketones is 1. The maximum atomic E-state index is 11.0. The molecule has 1 aromatic rings. The van der Waals surface area contributed by atoms with Crippen molar-refractivity contribution in [2.75, 3.05) is 12.8 Å². The largest absolute Gasteiger partial charge is 0.481 e. The summed E-state index contributed by atoms with van der Waals surface area (Å²) >= 11 is 0. The zero-order valence-corrected chi connectivity index (χ0v) is 7.00. The molecule has 0 aliphatic heterocycles. The van der Waals surface area contributed by atoms with Crippen molar-refractivity contribution in [1.82, 2.24) is 4.98 Å². The van der Waals surface area contributed by atoms with Crippen molar-refractivity contribution < 1.29 is 9.53 Å². The van der Waals surface area contributed by atoms with Gasteiger partial charge in [-0.1, -0.05) is 0 Å². The average Bonchev–Trinajstić information content (AvgIpc) is 2.05. The van der Waals surface area contributed by atoms with Crippen LogP contribution in [0.15, 0.2) is 12.3 Å². The van der Waals surface area contributed by atoms with Crippen molar-refractivity contribution in [3.63, 3.8) is 0 Å². The lowest BCUT2D eigenvalue weighted by Gasteiger charge is -2.03. The SMILES string of the molecule is COc1cc(C(C)=O)c(N)cn1. The summed E-state index contributed by atoms with van der Waals surface area (Å²) in [5.41, 5.74) is 6.33. The van der Waals surface area contributed by atoms with E-state index >= 15 is 0 Å². The van der Waals surface area contributed by atoms with Crippen LogP contribution in [0, 0.1) is 0 Å². The van der Waals surface area contributed by atoms with Gasteiger partial charge >= 0.3 is 0 Å². The summed E-state index contributed by atoms with van der Waals surface area (Å²) in [7, 11) is 1.49. The van der Waals surface area contributed by atoms with Crippen LogP contribution < -0.4 is 10.5 Å². The molecule has 0 bridgehead atoms. The molecule has 4 nitrogen and oxygen atoms in total. The number of hydrogen-bond donors (Lipinski definition) is 1. The number of carbonyl (C=O) groups excluding carboxylic acids is 1. The Morgan fingerprint density at radius 1 is 1.67 bits per heavy atom. The molecule has 1 heterocycles. The summed E-state index contributed by atoms with van der Waals surface area (Å²) in [5, 5.41) is 0. The molecule has 4 heteroatoms. The molecule has 0 spiro atoms. The van der Waals surface area contributed by atoms with Crippen LogP contribution >= 0.6 is 0 Å². The van der Waals surface area contributed by atoms with E-state index in [0.29, 0.717) is 17.1 Å². The normalized spacial score (nSPS) is 9.50. The highest BCUT2D eigenvalue weighted by Crippen LogP contribution is 2.16. The van der Waals surface area contributed by atoms with Gasteiger partial charge in [-0.3, -0.25) is 4.79 Å². The molecule has 0 aliphatic carbocycles. The standard InChI is InChI=1S/C8H10N2O2/c1-5(11)6-3-8(12-2)10-4-7(6)9/h3-4H,9H2,1-2H3. The van der Waals surface area contributed by atoms with Gasteiger partial charge in [-0.15, -0.1) is 0 Å². The highest BCUT2D eigenvalue weighted by atomic mass is 16.5. The summed E-state index contributed by atoms with van der Waals surface area (Å²) in [5.74, 6) is 0.308. The molecule has 2 N–H and O–H groups in total. The number of carbonyl (C=O) groups is 1. The highest BCUT2D eigenvalue weighted by molar-refractivity contribution is 5.99. The van der Waals surface area contributed by atoms with Gasteiger partial charge in [-0.25, -0.2) is 4.98 Å². The van der Waals surface area contributed by atoms with Gasteiger partial charge < -0.3 is 10.5 Å². The third-order valence-corrected chi connectivity index (χ3v) is 1.50. The zero-order chi connectivity index (χ0) is 9.14.